The van der Waals surface area contributed by atoms with E-state index < -0.39 is 23.8 Å². The number of aliphatic carboxylic acids is 1. The minimum Gasteiger partial charge on any atom is -0.481 e. The van der Waals surface area contributed by atoms with E-state index in [0.29, 0.717) is 13.0 Å². The summed E-state index contributed by atoms with van der Waals surface area (Å²) in [5, 5.41) is 11.4. The summed E-state index contributed by atoms with van der Waals surface area (Å²) in [6.45, 7) is 7.74. The Bertz CT molecular complexity index is 646. The smallest absolute Gasteiger partial charge is 0.315 e. The molecule has 0 spiro atoms. The molecule has 2 rings (SSSR count). The molecule has 1 aromatic rings. The second-order valence-electron chi connectivity index (χ2n) is 6.15. The highest BCUT2D eigenvalue weighted by atomic mass is 16.4. The predicted octanol–water partition coefficient (Wildman–Crippen LogP) is 1.55. The third kappa shape index (κ3) is 3.36. The molecule has 2 atom stereocenters. The highest BCUT2D eigenvalue weighted by molar-refractivity contribution is 6.04. The van der Waals surface area contributed by atoms with Gasteiger partial charge in [-0.2, -0.15) is 0 Å². The van der Waals surface area contributed by atoms with E-state index in [2.05, 4.69) is 5.32 Å². The number of anilines is 1. The van der Waals surface area contributed by atoms with Crippen LogP contribution in [-0.4, -0.2) is 35.5 Å². The summed E-state index contributed by atoms with van der Waals surface area (Å²) in [6, 6.07) is 3.38. The molecule has 0 bridgehead atoms. The maximum atomic E-state index is 12.6. The molecule has 2 amide bonds. The third-order valence-corrected chi connectivity index (χ3v) is 4.19. The Morgan fingerprint density at radius 1 is 1.26 bits per heavy atom. The first-order valence-corrected chi connectivity index (χ1v) is 7.64. The molecule has 2 N–H and O–H groups in total. The molecule has 1 aromatic carbocycles. The lowest BCUT2D eigenvalue weighted by atomic mass is 10.0. The fraction of sp³-hybridized carbons (Fsp3) is 0.471. The molecule has 1 heterocycles. The fourth-order valence-corrected chi connectivity index (χ4v) is 3.04. The van der Waals surface area contributed by atoms with E-state index >= 15 is 0 Å². The van der Waals surface area contributed by atoms with E-state index in [-0.39, 0.29) is 5.91 Å². The average Bonchev–Trinajstić information content (AvgIpc) is 2.78. The molecule has 1 aliphatic rings. The average molecular weight is 318 g/mol. The molecule has 0 aromatic heterocycles. The van der Waals surface area contributed by atoms with Crippen LogP contribution in [0.5, 0.6) is 0 Å². The number of aryl methyl sites for hydroxylation is 3. The van der Waals surface area contributed by atoms with Gasteiger partial charge in [-0.1, -0.05) is 17.7 Å². The standard InChI is InChI=1S/C17H22N2O4/c1-9-7-10(2)14(11(3)8-9)19-6-5-13(16(19)21)18-15(20)12(4)17(22)23/h7-8,12-13H,5-6H2,1-4H3,(H,18,20)(H,22,23). The number of nitrogens with zero attached hydrogens (tertiary/aromatic N) is 1. The molecule has 0 radical (unpaired) electrons. The van der Waals surface area contributed by atoms with Gasteiger partial charge in [-0.05, 0) is 45.2 Å². The Morgan fingerprint density at radius 2 is 1.83 bits per heavy atom. The van der Waals surface area contributed by atoms with Crippen LogP contribution in [0.15, 0.2) is 12.1 Å². The van der Waals surface area contributed by atoms with Crippen molar-refractivity contribution in [1.82, 2.24) is 5.32 Å². The van der Waals surface area contributed by atoms with Crippen LogP contribution in [0.4, 0.5) is 5.69 Å². The van der Waals surface area contributed by atoms with E-state index in [1.165, 1.54) is 6.92 Å². The Hall–Kier alpha value is -2.37. The highest BCUT2D eigenvalue weighted by Crippen LogP contribution is 2.30. The van der Waals surface area contributed by atoms with Gasteiger partial charge >= 0.3 is 5.97 Å². The van der Waals surface area contributed by atoms with Crippen LogP contribution in [0.2, 0.25) is 0 Å². The second kappa shape index (κ2) is 6.40. The van der Waals surface area contributed by atoms with Crippen molar-refractivity contribution in [3.8, 4) is 0 Å². The Kier molecular flexibility index (Phi) is 4.73. The normalized spacial score (nSPS) is 18.9. The van der Waals surface area contributed by atoms with Crippen LogP contribution in [0.1, 0.15) is 30.0 Å². The van der Waals surface area contributed by atoms with E-state index in [1.807, 2.05) is 32.9 Å². The van der Waals surface area contributed by atoms with Crippen LogP contribution in [0.3, 0.4) is 0 Å². The Labute approximate surface area is 135 Å². The number of hydrogen-bond acceptors (Lipinski definition) is 3. The monoisotopic (exact) mass is 318 g/mol. The lowest BCUT2D eigenvalue weighted by Crippen LogP contribution is -2.45. The van der Waals surface area contributed by atoms with Crippen molar-refractivity contribution in [2.45, 2.75) is 40.2 Å². The summed E-state index contributed by atoms with van der Waals surface area (Å²) in [4.78, 5) is 37.0. The van der Waals surface area contributed by atoms with Crippen LogP contribution in [0, 0.1) is 26.7 Å². The van der Waals surface area contributed by atoms with Crippen molar-refractivity contribution in [1.29, 1.82) is 0 Å². The molecular weight excluding hydrogens is 296 g/mol. The number of carboxylic acids is 1. The van der Waals surface area contributed by atoms with Crippen LogP contribution < -0.4 is 10.2 Å². The summed E-state index contributed by atoms with van der Waals surface area (Å²) in [7, 11) is 0. The summed E-state index contributed by atoms with van der Waals surface area (Å²) in [5.41, 5.74) is 4.04. The molecule has 23 heavy (non-hydrogen) atoms. The van der Waals surface area contributed by atoms with Gasteiger partial charge in [-0.3, -0.25) is 14.4 Å². The third-order valence-electron chi connectivity index (χ3n) is 4.19. The minimum atomic E-state index is -1.20. The first-order chi connectivity index (χ1) is 10.7. The van der Waals surface area contributed by atoms with Crippen molar-refractivity contribution in [2.75, 3.05) is 11.4 Å². The van der Waals surface area contributed by atoms with Gasteiger partial charge in [0.15, 0.2) is 0 Å². The van der Waals surface area contributed by atoms with E-state index in [9.17, 15) is 14.4 Å². The fourth-order valence-electron chi connectivity index (χ4n) is 3.04. The van der Waals surface area contributed by atoms with Crippen molar-refractivity contribution in [2.24, 2.45) is 5.92 Å². The number of carbonyl (C=O) groups excluding carboxylic acids is 2. The molecule has 124 valence electrons. The second-order valence-corrected chi connectivity index (χ2v) is 6.15. The van der Waals surface area contributed by atoms with Gasteiger partial charge in [-0.15, -0.1) is 0 Å². The van der Waals surface area contributed by atoms with Gasteiger partial charge < -0.3 is 15.3 Å². The molecule has 2 unspecified atom stereocenters. The van der Waals surface area contributed by atoms with Crippen molar-refractivity contribution < 1.29 is 19.5 Å². The van der Waals surface area contributed by atoms with Crippen molar-refractivity contribution in [3.63, 3.8) is 0 Å². The van der Waals surface area contributed by atoms with Crippen molar-refractivity contribution >= 4 is 23.5 Å². The first kappa shape index (κ1) is 17.0. The van der Waals surface area contributed by atoms with Gasteiger partial charge in [0, 0.05) is 12.2 Å². The summed E-state index contributed by atoms with van der Waals surface area (Å²) in [5.74, 6) is -3.18. The first-order valence-electron chi connectivity index (χ1n) is 7.64. The number of nitrogens with one attached hydrogen (secondary N) is 1. The van der Waals surface area contributed by atoms with Gasteiger partial charge in [0.2, 0.25) is 11.8 Å². The summed E-state index contributed by atoms with van der Waals surface area (Å²) in [6.07, 6.45) is 0.476. The molecule has 6 heteroatoms. The van der Waals surface area contributed by atoms with Gasteiger partial charge in [0.25, 0.3) is 0 Å². The lowest BCUT2D eigenvalue weighted by Gasteiger charge is -2.22. The maximum absolute atomic E-state index is 12.6. The number of rotatable bonds is 4. The molecule has 1 fully saturated rings. The van der Waals surface area contributed by atoms with Crippen LogP contribution in [0.25, 0.3) is 0 Å². The molecular formula is C17H22N2O4. The number of carbonyl (C=O) groups is 3. The number of benzene rings is 1. The zero-order valence-electron chi connectivity index (χ0n) is 13.8. The van der Waals surface area contributed by atoms with E-state index in [0.717, 1.165) is 22.4 Å². The Morgan fingerprint density at radius 3 is 2.35 bits per heavy atom. The van der Waals surface area contributed by atoms with Crippen LogP contribution >= 0.6 is 0 Å². The highest BCUT2D eigenvalue weighted by Gasteiger charge is 2.36. The zero-order valence-corrected chi connectivity index (χ0v) is 13.8. The van der Waals surface area contributed by atoms with Crippen molar-refractivity contribution in [3.05, 3.63) is 28.8 Å². The minimum absolute atomic E-state index is 0.189. The predicted molar refractivity (Wildman–Crippen MR) is 86.4 cm³/mol. The largest absolute Gasteiger partial charge is 0.481 e. The van der Waals surface area contributed by atoms with Gasteiger partial charge in [-0.25, -0.2) is 0 Å². The van der Waals surface area contributed by atoms with Gasteiger partial charge in [0.05, 0.1) is 0 Å². The Balaban J connectivity index is 2.17. The summed E-state index contributed by atoms with van der Waals surface area (Å²) < 4.78 is 0. The molecule has 1 saturated heterocycles. The lowest BCUT2D eigenvalue weighted by molar-refractivity contribution is -0.146. The number of carboxylic acid groups (broad SMARTS) is 1. The molecule has 1 aliphatic heterocycles. The molecule has 6 nitrogen and oxygen atoms in total. The quantitative estimate of drug-likeness (QED) is 0.825. The summed E-state index contributed by atoms with van der Waals surface area (Å²) >= 11 is 0. The van der Waals surface area contributed by atoms with E-state index in [1.54, 1.807) is 4.90 Å². The SMILES string of the molecule is Cc1cc(C)c(N2CCC(NC(=O)C(C)C(=O)O)C2=O)c(C)c1. The van der Waals surface area contributed by atoms with Gasteiger partial charge in [0.1, 0.15) is 12.0 Å². The molecule has 0 saturated carbocycles. The topological polar surface area (TPSA) is 86.7 Å². The van der Waals surface area contributed by atoms with E-state index in [4.69, 9.17) is 5.11 Å². The zero-order chi connectivity index (χ0) is 17.3. The number of amides is 2. The number of hydrogen-bond donors (Lipinski definition) is 2. The van der Waals surface area contributed by atoms with Crippen LogP contribution in [-0.2, 0) is 14.4 Å². The maximum Gasteiger partial charge on any atom is 0.315 e. The molecule has 0 aliphatic carbocycles.